The number of hydrogen-bond donors (Lipinski definition) is 2. The molecule has 0 saturated carbocycles. The van der Waals surface area contributed by atoms with Gasteiger partial charge in [-0.25, -0.2) is 0 Å². The summed E-state index contributed by atoms with van der Waals surface area (Å²) in [6.45, 7) is 12.3. The van der Waals surface area contributed by atoms with Gasteiger partial charge in [-0.1, -0.05) is 31.2 Å². The Morgan fingerprint density at radius 2 is 1.90 bits per heavy atom. The number of guanidine groups is 1. The molecular weight excluding hydrogens is 364 g/mol. The Labute approximate surface area is 177 Å². The third-order valence-electron chi connectivity index (χ3n) is 5.34. The van der Waals surface area contributed by atoms with Crippen molar-refractivity contribution in [2.45, 2.75) is 46.3 Å². The highest BCUT2D eigenvalue weighted by Crippen LogP contribution is 2.15. The molecule has 0 unspecified atom stereocenters. The number of piperidine rings is 1. The standard InChI is InChI=1S/C23H40N4O2/c1-4-28-15-16-29-19-22-8-5-7-21(17-22)18-26-23(24-3)25-11-6-12-27-13-9-20(2)10-14-27/h5,7-8,17,20H,4,6,9-16,18-19H2,1-3H3,(H2,24,25,26). The lowest BCUT2D eigenvalue weighted by atomic mass is 9.99. The second-order valence-corrected chi connectivity index (χ2v) is 7.80. The topological polar surface area (TPSA) is 58.1 Å². The van der Waals surface area contributed by atoms with Gasteiger partial charge in [0.2, 0.25) is 0 Å². The molecule has 0 atom stereocenters. The Morgan fingerprint density at radius 3 is 2.66 bits per heavy atom. The van der Waals surface area contributed by atoms with E-state index in [9.17, 15) is 0 Å². The van der Waals surface area contributed by atoms with Gasteiger partial charge < -0.3 is 25.0 Å². The van der Waals surface area contributed by atoms with Crippen LogP contribution in [-0.4, -0.2) is 63.9 Å². The lowest BCUT2D eigenvalue weighted by Gasteiger charge is -2.30. The molecule has 2 rings (SSSR count). The molecule has 1 heterocycles. The van der Waals surface area contributed by atoms with Gasteiger partial charge in [0.1, 0.15) is 0 Å². The summed E-state index contributed by atoms with van der Waals surface area (Å²) in [5, 5.41) is 6.84. The Hall–Kier alpha value is -1.63. The summed E-state index contributed by atoms with van der Waals surface area (Å²) in [5.74, 6) is 1.75. The van der Waals surface area contributed by atoms with Gasteiger partial charge in [-0.15, -0.1) is 0 Å². The zero-order valence-corrected chi connectivity index (χ0v) is 18.6. The summed E-state index contributed by atoms with van der Waals surface area (Å²) in [4.78, 5) is 6.92. The predicted octanol–water partition coefficient (Wildman–Crippen LogP) is 3.03. The van der Waals surface area contributed by atoms with Gasteiger partial charge in [-0.3, -0.25) is 4.99 Å². The van der Waals surface area contributed by atoms with Crippen molar-refractivity contribution in [2.75, 3.05) is 53.0 Å². The summed E-state index contributed by atoms with van der Waals surface area (Å²) in [5.41, 5.74) is 2.40. The second kappa shape index (κ2) is 14.4. The maximum Gasteiger partial charge on any atom is 0.191 e. The molecule has 29 heavy (non-hydrogen) atoms. The number of ether oxygens (including phenoxy) is 2. The molecule has 1 aliphatic rings. The number of likely N-dealkylation sites (tertiary alicyclic amines) is 1. The van der Waals surface area contributed by atoms with Crippen molar-refractivity contribution in [1.82, 2.24) is 15.5 Å². The van der Waals surface area contributed by atoms with Crippen LogP contribution in [0.5, 0.6) is 0 Å². The SMILES string of the molecule is CCOCCOCc1cccc(CNC(=NC)NCCCN2CCC(C)CC2)c1. The van der Waals surface area contributed by atoms with Crippen LogP contribution in [0.15, 0.2) is 29.3 Å². The van der Waals surface area contributed by atoms with Crippen molar-refractivity contribution >= 4 is 5.96 Å². The molecule has 0 amide bonds. The van der Waals surface area contributed by atoms with Gasteiger partial charge in [0.25, 0.3) is 0 Å². The molecule has 6 heteroatoms. The Bertz CT molecular complexity index is 586. The van der Waals surface area contributed by atoms with Gasteiger partial charge in [-0.05, 0) is 62.9 Å². The fourth-order valence-electron chi connectivity index (χ4n) is 3.48. The van der Waals surface area contributed by atoms with Crippen LogP contribution in [0.3, 0.4) is 0 Å². The molecule has 1 aromatic carbocycles. The van der Waals surface area contributed by atoms with E-state index in [1.165, 1.54) is 43.6 Å². The molecule has 164 valence electrons. The minimum Gasteiger partial charge on any atom is -0.379 e. The van der Waals surface area contributed by atoms with E-state index < -0.39 is 0 Å². The van der Waals surface area contributed by atoms with Crippen LogP contribution in [0, 0.1) is 5.92 Å². The van der Waals surface area contributed by atoms with Crippen molar-refractivity contribution in [3.63, 3.8) is 0 Å². The second-order valence-electron chi connectivity index (χ2n) is 7.80. The largest absolute Gasteiger partial charge is 0.379 e. The fraction of sp³-hybridized carbons (Fsp3) is 0.696. The fourth-order valence-corrected chi connectivity index (χ4v) is 3.48. The zero-order valence-electron chi connectivity index (χ0n) is 18.6. The first-order valence-electron chi connectivity index (χ1n) is 11.1. The number of nitrogens with one attached hydrogen (secondary N) is 2. The summed E-state index contributed by atoms with van der Waals surface area (Å²) in [6, 6.07) is 8.48. The molecule has 0 spiro atoms. The van der Waals surface area contributed by atoms with E-state index in [4.69, 9.17) is 9.47 Å². The van der Waals surface area contributed by atoms with E-state index in [2.05, 4.69) is 51.7 Å². The van der Waals surface area contributed by atoms with Crippen LogP contribution in [0.4, 0.5) is 0 Å². The molecule has 0 aromatic heterocycles. The summed E-state index contributed by atoms with van der Waals surface area (Å²) in [6.07, 6.45) is 3.82. The van der Waals surface area contributed by atoms with Crippen molar-refractivity contribution < 1.29 is 9.47 Å². The van der Waals surface area contributed by atoms with Crippen molar-refractivity contribution in [3.8, 4) is 0 Å². The number of hydrogen-bond acceptors (Lipinski definition) is 4. The van der Waals surface area contributed by atoms with E-state index in [1.807, 2.05) is 14.0 Å². The van der Waals surface area contributed by atoms with E-state index in [-0.39, 0.29) is 0 Å². The molecule has 1 aromatic rings. The van der Waals surface area contributed by atoms with Gasteiger partial charge in [0.05, 0.1) is 19.8 Å². The third kappa shape index (κ3) is 10.1. The first kappa shape index (κ1) is 23.6. The summed E-state index contributed by atoms with van der Waals surface area (Å²) in [7, 11) is 1.82. The van der Waals surface area contributed by atoms with E-state index in [1.54, 1.807) is 0 Å². The van der Waals surface area contributed by atoms with Gasteiger partial charge in [-0.2, -0.15) is 0 Å². The molecule has 0 radical (unpaired) electrons. The molecular formula is C23H40N4O2. The van der Waals surface area contributed by atoms with E-state index in [0.717, 1.165) is 38.0 Å². The summed E-state index contributed by atoms with van der Waals surface area (Å²) >= 11 is 0. The first-order chi connectivity index (χ1) is 14.2. The van der Waals surface area contributed by atoms with Crippen molar-refractivity contribution in [2.24, 2.45) is 10.9 Å². The number of rotatable bonds is 12. The highest BCUT2D eigenvalue weighted by Gasteiger charge is 2.14. The molecule has 1 saturated heterocycles. The Morgan fingerprint density at radius 1 is 1.14 bits per heavy atom. The molecule has 1 fully saturated rings. The molecule has 0 bridgehead atoms. The smallest absolute Gasteiger partial charge is 0.191 e. The average molecular weight is 405 g/mol. The van der Waals surface area contributed by atoms with Crippen LogP contribution < -0.4 is 10.6 Å². The highest BCUT2D eigenvalue weighted by molar-refractivity contribution is 5.79. The van der Waals surface area contributed by atoms with Crippen LogP contribution in [-0.2, 0) is 22.6 Å². The zero-order chi connectivity index (χ0) is 20.7. The van der Waals surface area contributed by atoms with Gasteiger partial charge >= 0.3 is 0 Å². The van der Waals surface area contributed by atoms with Crippen LogP contribution in [0.25, 0.3) is 0 Å². The van der Waals surface area contributed by atoms with E-state index in [0.29, 0.717) is 19.8 Å². The average Bonchev–Trinajstić information content (AvgIpc) is 2.74. The number of nitrogens with zero attached hydrogens (tertiary/aromatic N) is 2. The lowest BCUT2D eigenvalue weighted by molar-refractivity contribution is 0.0453. The number of aliphatic imine (C=N–C) groups is 1. The van der Waals surface area contributed by atoms with Crippen LogP contribution in [0.1, 0.15) is 44.2 Å². The first-order valence-corrected chi connectivity index (χ1v) is 11.1. The quantitative estimate of drug-likeness (QED) is 0.319. The lowest BCUT2D eigenvalue weighted by Crippen LogP contribution is -2.39. The normalized spacial score (nSPS) is 16.2. The molecule has 6 nitrogen and oxygen atoms in total. The Balaban J connectivity index is 1.62. The van der Waals surface area contributed by atoms with Crippen molar-refractivity contribution in [1.29, 1.82) is 0 Å². The third-order valence-corrected chi connectivity index (χ3v) is 5.34. The number of benzene rings is 1. The minimum atomic E-state index is 0.614. The predicted molar refractivity (Wildman–Crippen MR) is 120 cm³/mol. The van der Waals surface area contributed by atoms with Crippen molar-refractivity contribution in [3.05, 3.63) is 35.4 Å². The van der Waals surface area contributed by atoms with Crippen LogP contribution in [0.2, 0.25) is 0 Å². The molecule has 0 aliphatic carbocycles. The molecule has 2 N–H and O–H groups in total. The molecule has 1 aliphatic heterocycles. The monoisotopic (exact) mass is 404 g/mol. The van der Waals surface area contributed by atoms with Gasteiger partial charge in [0, 0.05) is 26.7 Å². The minimum absolute atomic E-state index is 0.614. The Kier molecular flexibility index (Phi) is 11.7. The maximum absolute atomic E-state index is 5.66. The van der Waals surface area contributed by atoms with Crippen LogP contribution >= 0.6 is 0 Å². The van der Waals surface area contributed by atoms with E-state index >= 15 is 0 Å². The highest BCUT2D eigenvalue weighted by atomic mass is 16.5. The van der Waals surface area contributed by atoms with Gasteiger partial charge in [0.15, 0.2) is 5.96 Å². The summed E-state index contributed by atoms with van der Waals surface area (Å²) < 4.78 is 11.0. The maximum atomic E-state index is 5.66.